The number of carbonyl (C=O) groups is 1. The van der Waals surface area contributed by atoms with E-state index in [2.05, 4.69) is 0 Å². The van der Waals surface area contributed by atoms with Crippen LogP contribution in [0.1, 0.15) is 19.8 Å². The Balaban J connectivity index is 4.38. The third kappa shape index (κ3) is 3.64. The highest BCUT2D eigenvalue weighted by Gasteiger charge is 2.19. The molecule has 2 amide bonds. The summed E-state index contributed by atoms with van der Waals surface area (Å²) < 4.78 is 4.74. The molecular weight excluding hydrogens is 182 g/mol. The molecule has 0 rings (SSSR count). The number of nitrogens with one attached hydrogen (secondary N) is 1. The van der Waals surface area contributed by atoms with Crippen LogP contribution in [0.2, 0.25) is 0 Å². The number of ether oxygens (including phenoxy) is 1. The standard InChI is InChI=1S/C9H19N3O2/c1-5-6-7-12(8(10)14-4)9(13)11(2)3/h10H,5-7H2,1-4H3. The number of rotatable bonds is 3. The SMILES string of the molecule is CCCCN(C(=N)OC)C(=O)N(C)C. The summed E-state index contributed by atoms with van der Waals surface area (Å²) in [5, 5.41) is 7.45. The summed E-state index contributed by atoms with van der Waals surface area (Å²) in [5.41, 5.74) is 0. The monoisotopic (exact) mass is 201 g/mol. The molecule has 0 unspecified atom stereocenters. The molecule has 0 radical (unpaired) electrons. The van der Waals surface area contributed by atoms with Gasteiger partial charge < -0.3 is 9.64 Å². The van der Waals surface area contributed by atoms with E-state index >= 15 is 0 Å². The van der Waals surface area contributed by atoms with Crippen molar-refractivity contribution in [3.05, 3.63) is 0 Å². The van der Waals surface area contributed by atoms with Crippen molar-refractivity contribution in [2.45, 2.75) is 19.8 Å². The van der Waals surface area contributed by atoms with Crippen LogP contribution in [0.25, 0.3) is 0 Å². The number of urea groups is 1. The molecule has 0 aliphatic rings. The van der Waals surface area contributed by atoms with E-state index in [1.807, 2.05) is 6.92 Å². The topological polar surface area (TPSA) is 56.6 Å². The van der Waals surface area contributed by atoms with Crippen LogP contribution in [0.3, 0.4) is 0 Å². The average molecular weight is 201 g/mol. The predicted molar refractivity (Wildman–Crippen MR) is 55.4 cm³/mol. The molecule has 0 aromatic heterocycles. The van der Waals surface area contributed by atoms with E-state index in [0.29, 0.717) is 6.54 Å². The van der Waals surface area contributed by atoms with E-state index in [9.17, 15) is 4.79 Å². The summed E-state index contributed by atoms with van der Waals surface area (Å²) in [6, 6.07) is -0.317. The van der Waals surface area contributed by atoms with Gasteiger partial charge in [-0.15, -0.1) is 0 Å². The van der Waals surface area contributed by atoms with Gasteiger partial charge in [0.25, 0.3) is 6.02 Å². The van der Waals surface area contributed by atoms with E-state index in [0.717, 1.165) is 12.8 Å². The number of nitrogens with zero attached hydrogens (tertiary/aromatic N) is 2. The van der Waals surface area contributed by atoms with E-state index in [1.54, 1.807) is 14.1 Å². The highest BCUT2D eigenvalue weighted by Crippen LogP contribution is 2.00. The van der Waals surface area contributed by atoms with Crippen molar-refractivity contribution < 1.29 is 9.53 Å². The highest BCUT2D eigenvalue weighted by atomic mass is 16.5. The second-order valence-electron chi connectivity index (χ2n) is 3.19. The largest absolute Gasteiger partial charge is 0.468 e. The number of hydrogen-bond donors (Lipinski definition) is 1. The number of amidine groups is 1. The number of unbranched alkanes of at least 4 members (excludes halogenated alkanes) is 1. The van der Waals surface area contributed by atoms with E-state index in [-0.39, 0.29) is 12.1 Å². The minimum absolute atomic E-state index is 0.0999. The molecule has 0 spiro atoms. The Morgan fingerprint density at radius 3 is 2.36 bits per heavy atom. The first kappa shape index (κ1) is 12.7. The minimum Gasteiger partial charge on any atom is -0.468 e. The van der Waals surface area contributed by atoms with Gasteiger partial charge in [-0.05, 0) is 6.42 Å². The summed E-state index contributed by atoms with van der Waals surface area (Å²) in [6.07, 6.45) is 1.85. The fourth-order valence-corrected chi connectivity index (χ4v) is 0.952. The third-order valence-corrected chi connectivity index (χ3v) is 1.79. The van der Waals surface area contributed by atoms with Crippen molar-refractivity contribution in [1.82, 2.24) is 9.80 Å². The maximum atomic E-state index is 11.6. The molecule has 5 nitrogen and oxygen atoms in total. The van der Waals surface area contributed by atoms with Gasteiger partial charge in [-0.1, -0.05) is 13.3 Å². The molecule has 0 aromatic carbocycles. The van der Waals surface area contributed by atoms with Crippen LogP contribution in [0.5, 0.6) is 0 Å². The zero-order valence-corrected chi connectivity index (χ0v) is 9.33. The molecule has 0 bridgehead atoms. The Morgan fingerprint density at radius 2 is 2.00 bits per heavy atom. The van der Waals surface area contributed by atoms with Gasteiger partial charge in [0.1, 0.15) is 0 Å². The molecule has 0 heterocycles. The van der Waals surface area contributed by atoms with E-state index < -0.39 is 0 Å². The first-order chi connectivity index (χ1) is 6.54. The lowest BCUT2D eigenvalue weighted by Gasteiger charge is -2.24. The van der Waals surface area contributed by atoms with Gasteiger partial charge in [-0.3, -0.25) is 5.41 Å². The van der Waals surface area contributed by atoms with Crippen molar-refractivity contribution in [3.63, 3.8) is 0 Å². The summed E-state index contributed by atoms with van der Waals surface area (Å²) in [4.78, 5) is 14.3. The Bertz CT molecular complexity index is 204. The molecule has 0 fully saturated rings. The van der Waals surface area contributed by atoms with Crippen molar-refractivity contribution in [1.29, 1.82) is 5.41 Å². The van der Waals surface area contributed by atoms with Crippen LogP contribution in [-0.2, 0) is 4.74 Å². The van der Waals surface area contributed by atoms with Gasteiger partial charge in [0, 0.05) is 20.6 Å². The van der Waals surface area contributed by atoms with Crippen molar-refractivity contribution in [3.8, 4) is 0 Å². The summed E-state index contributed by atoms with van der Waals surface area (Å²) in [7, 11) is 4.71. The Hall–Kier alpha value is -1.26. The van der Waals surface area contributed by atoms with Crippen LogP contribution in [-0.4, -0.2) is 49.6 Å². The number of hydrogen-bond acceptors (Lipinski definition) is 3. The summed E-state index contributed by atoms with van der Waals surface area (Å²) >= 11 is 0. The molecule has 0 atom stereocenters. The van der Waals surface area contributed by atoms with E-state index in [4.69, 9.17) is 10.1 Å². The normalized spacial score (nSPS) is 9.43. The van der Waals surface area contributed by atoms with Crippen LogP contribution in [0, 0.1) is 5.41 Å². The molecule has 82 valence electrons. The van der Waals surface area contributed by atoms with Crippen molar-refractivity contribution in [2.24, 2.45) is 0 Å². The van der Waals surface area contributed by atoms with Gasteiger partial charge in [0.15, 0.2) is 0 Å². The molecule has 0 saturated heterocycles. The van der Waals surface area contributed by atoms with Crippen LogP contribution >= 0.6 is 0 Å². The molecule has 0 saturated carbocycles. The fourth-order valence-electron chi connectivity index (χ4n) is 0.952. The van der Waals surface area contributed by atoms with Gasteiger partial charge in [0.2, 0.25) is 0 Å². The van der Waals surface area contributed by atoms with Crippen LogP contribution < -0.4 is 0 Å². The Morgan fingerprint density at radius 1 is 1.43 bits per heavy atom. The second kappa shape index (κ2) is 6.23. The molecule has 0 aliphatic heterocycles. The minimum atomic E-state index is -0.217. The summed E-state index contributed by atoms with van der Waals surface area (Å²) in [5.74, 6) is 0. The second-order valence-corrected chi connectivity index (χ2v) is 3.19. The molecule has 0 aliphatic carbocycles. The first-order valence-electron chi connectivity index (χ1n) is 4.66. The molecular formula is C9H19N3O2. The zero-order valence-electron chi connectivity index (χ0n) is 9.33. The predicted octanol–water partition coefficient (Wildman–Crippen LogP) is 1.35. The van der Waals surface area contributed by atoms with Crippen molar-refractivity contribution in [2.75, 3.05) is 27.7 Å². The molecule has 5 heteroatoms. The fraction of sp³-hybridized carbons (Fsp3) is 0.778. The number of amides is 2. The molecule has 0 aromatic rings. The molecule has 14 heavy (non-hydrogen) atoms. The number of carbonyl (C=O) groups excluding carboxylic acids is 1. The lowest BCUT2D eigenvalue weighted by atomic mass is 10.3. The van der Waals surface area contributed by atoms with E-state index in [1.165, 1.54) is 16.9 Å². The van der Waals surface area contributed by atoms with Gasteiger partial charge in [0.05, 0.1) is 7.11 Å². The maximum Gasteiger partial charge on any atom is 0.327 e. The lowest BCUT2D eigenvalue weighted by Crippen LogP contribution is -2.44. The van der Waals surface area contributed by atoms with Gasteiger partial charge >= 0.3 is 6.03 Å². The van der Waals surface area contributed by atoms with Gasteiger partial charge in [-0.2, -0.15) is 0 Å². The zero-order chi connectivity index (χ0) is 11.1. The lowest BCUT2D eigenvalue weighted by molar-refractivity contribution is 0.181. The highest BCUT2D eigenvalue weighted by molar-refractivity contribution is 5.91. The quantitative estimate of drug-likeness (QED) is 0.553. The van der Waals surface area contributed by atoms with Crippen LogP contribution in [0.4, 0.5) is 4.79 Å². The van der Waals surface area contributed by atoms with Crippen molar-refractivity contribution >= 4 is 12.1 Å². The first-order valence-corrected chi connectivity index (χ1v) is 4.66. The Kier molecular flexibility index (Phi) is 5.67. The average Bonchev–Trinajstić information content (AvgIpc) is 2.17. The maximum absolute atomic E-state index is 11.6. The smallest absolute Gasteiger partial charge is 0.327 e. The molecule has 1 N–H and O–H groups in total. The number of methoxy groups -OCH3 is 1. The summed E-state index contributed by atoms with van der Waals surface area (Å²) in [6.45, 7) is 2.56. The van der Waals surface area contributed by atoms with Crippen LogP contribution in [0.15, 0.2) is 0 Å². The third-order valence-electron chi connectivity index (χ3n) is 1.79. The Labute approximate surface area is 85.1 Å². The van der Waals surface area contributed by atoms with Gasteiger partial charge in [-0.25, -0.2) is 9.69 Å².